The second kappa shape index (κ2) is 11.8. The molecule has 1 aliphatic rings. The predicted octanol–water partition coefficient (Wildman–Crippen LogP) is 2.93. The Hall–Kier alpha value is -2.09. The summed E-state index contributed by atoms with van der Waals surface area (Å²) >= 11 is 1.74. The average molecular weight is 417 g/mol. The van der Waals surface area contributed by atoms with E-state index in [1.165, 1.54) is 11.1 Å². The van der Waals surface area contributed by atoms with E-state index in [1.807, 2.05) is 12.1 Å². The normalized spacial score (nSPS) is 16.4. The van der Waals surface area contributed by atoms with Crippen molar-refractivity contribution in [2.45, 2.75) is 19.4 Å². The summed E-state index contributed by atoms with van der Waals surface area (Å²) in [6.45, 7) is 9.03. The fraction of sp³-hybridized carbons (Fsp3) is 0.500. The first kappa shape index (κ1) is 21.6. The zero-order chi connectivity index (χ0) is 20.3. The van der Waals surface area contributed by atoms with Crippen molar-refractivity contribution in [3.63, 3.8) is 0 Å². The number of morpholine rings is 1. The third-order valence-electron chi connectivity index (χ3n) is 5.05. The molecule has 0 aliphatic carbocycles. The largest absolute Gasteiger partial charge is 0.492 e. The van der Waals surface area contributed by atoms with Crippen molar-refractivity contribution in [1.29, 1.82) is 0 Å². The lowest BCUT2D eigenvalue weighted by molar-refractivity contribution is 0.0322. The molecule has 158 valence electrons. The van der Waals surface area contributed by atoms with Gasteiger partial charge in [0.1, 0.15) is 12.4 Å². The van der Waals surface area contributed by atoms with Gasteiger partial charge in [0.05, 0.1) is 13.2 Å². The van der Waals surface area contributed by atoms with Gasteiger partial charge in [-0.25, -0.2) is 0 Å². The molecule has 2 N–H and O–H groups in total. The molecule has 1 atom stereocenters. The maximum atomic E-state index is 5.95. The van der Waals surface area contributed by atoms with Gasteiger partial charge in [-0.05, 0) is 46.0 Å². The fourth-order valence-corrected chi connectivity index (χ4v) is 3.97. The predicted molar refractivity (Wildman–Crippen MR) is 120 cm³/mol. The van der Waals surface area contributed by atoms with Crippen LogP contribution >= 0.6 is 11.3 Å². The molecule has 7 heteroatoms. The Bertz CT molecular complexity index is 745. The lowest BCUT2D eigenvalue weighted by Crippen LogP contribution is -2.38. The smallest absolute Gasteiger partial charge is 0.191 e. The molecule has 0 saturated carbocycles. The Morgan fingerprint density at radius 1 is 1.28 bits per heavy atom. The summed E-state index contributed by atoms with van der Waals surface area (Å²) < 4.78 is 11.3. The highest BCUT2D eigenvalue weighted by Gasteiger charge is 2.10. The van der Waals surface area contributed by atoms with Crippen LogP contribution in [-0.4, -0.2) is 63.9 Å². The van der Waals surface area contributed by atoms with Gasteiger partial charge < -0.3 is 20.1 Å². The molecule has 0 bridgehead atoms. The number of guanidine groups is 1. The van der Waals surface area contributed by atoms with Crippen LogP contribution in [0.15, 0.2) is 46.1 Å². The van der Waals surface area contributed by atoms with Crippen molar-refractivity contribution in [2.75, 3.05) is 53.0 Å². The summed E-state index contributed by atoms with van der Waals surface area (Å²) in [6.07, 6.45) is 0. The van der Waals surface area contributed by atoms with Gasteiger partial charge in [-0.15, -0.1) is 0 Å². The molecule has 1 unspecified atom stereocenters. The zero-order valence-electron chi connectivity index (χ0n) is 17.4. The Balaban J connectivity index is 1.40. The molecule has 3 rings (SSSR count). The van der Waals surface area contributed by atoms with E-state index < -0.39 is 0 Å². The molecular weight excluding hydrogens is 384 g/mol. The van der Waals surface area contributed by atoms with Gasteiger partial charge in [-0.2, -0.15) is 11.3 Å². The minimum absolute atomic E-state index is 0.447. The van der Waals surface area contributed by atoms with Gasteiger partial charge in [0.25, 0.3) is 0 Å². The van der Waals surface area contributed by atoms with Crippen molar-refractivity contribution in [1.82, 2.24) is 15.5 Å². The quantitative estimate of drug-likeness (QED) is 0.486. The highest BCUT2D eigenvalue weighted by Crippen LogP contribution is 2.17. The third kappa shape index (κ3) is 7.34. The van der Waals surface area contributed by atoms with Crippen LogP contribution < -0.4 is 15.4 Å². The minimum atomic E-state index is 0.447. The summed E-state index contributed by atoms with van der Waals surface area (Å²) in [7, 11) is 1.80. The van der Waals surface area contributed by atoms with E-state index in [-0.39, 0.29) is 0 Å². The zero-order valence-corrected chi connectivity index (χ0v) is 18.2. The summed E-state index contributed by atoms with van der Waals surface area (Å²) in [5.74, 6) is 2.17. The van der Waals surface area contributed by atoms with Crippen LogP contribution in [-0.2, 0) is 11.3 Å². The van der Waals surface area contributed by atoms with Crippen LogP contribution in [0, 0.1) is 0 Å². The number of rotatable bonds is 9. The number of nitrogens with one attached hydrogen (secondary N) is 2. The highest BCUT2D eigenvalue weighted by molar-refractivity contribution is 7.07. The first-order valence-corrected chi connectivity index (χ1v) is 11.2. The van der Waals surface area contributed by atoms with Crippen LogP contribution in [0.4, 0.5) is 0 Å². The van der Waals surface area contributed by atoms with Gasteiger partial charge in [-0.1, -0.05) is 19.1 Å². The second-order valence-corrected chi connectivity index (χ2v) is 7.99. The molecule has 2 heterocycles. The van der Waals surface area contributed by atoms with E-state index in [1.54, 1.807) is 18.4 Å². The standard InChI is InChI=1S/C22H32N4O2S/c1-18(20-6-13-29-17-20)15-24-22(23-2)25-16-19-4-3-5-21(14-19)28-12-9-26-7-10-27-11-8-26/h3-6,13-14,17-18H,7-12,15-16H2,1-2H3,(H2,23,24,25). The summed E-state index contributed by atoms with van der Waals surface area (Å²) in [4.78, 5) is 6.71. The summed E-state index contributed by atoms with van der Waals surface area (Å²) in [6, 6.07) is 10.4. The van der Waals surface area contributed by atoms with E-state index in [9.17, 15) is 0 Å². The van der Waals surface area contributed by atoms with Crippen molar-refractivity contribution >= 4 is 17.3 Å². The van der Waals surface area contributed by atoms with E-state index in [0.717, 1.165) is 51.1 Å². The molecular formula is C22H32N4O2S. The molecule has 1 fully saturated rings. The fourth-order valence-electron chi connectivity index (χ4n) is 3.19. The van der Waals surface area contributed by atoms with Gasteiger partial charge in [0, 0.05) is 39.8 Å². The Labute approximate surface area is 177 Å². The van der Waals surface area contributed by atoms with Gasteiger partial charge in [0.2, 0.25) is 0 Å². The van der Waals surface area contributed by atoms with Crippen LogP contribution in [0.2, 0.25) is 0 Å². The molecule has 0 spiro atoms. The number of ether oxygens (including phenoxy) is 2. The van der Waals surface area contributed by atoms with Gasteiger partial charge in [0.15, 0.2) is 5.96 Å². The summed E-state index contributed by atoms with van der Waals surface area (Å²) in [5, 5.41) is 11.1. The lowest BCUT2D eigenvalue weighted by atomic mass is 10.1. The van der Waals surface area contributed by atoms with Crippen LogP contribution in [0.5, 0.6) is 5.75 Å². The van der Waals surface area contributed by atoms with E-state index in [4.69, 9.17) is 9.47 Å². The maximum Gasteiger partial charge on any atom is 0.191 e. The SMILES string of the molecule is CN=C(NCc1cccc(OCCN2CCOCC2)c1)NCC(C)c1ccsc1. The average Bonchev–Trinajstić information content (AvgIpc) is 3.30. The van der Waals surface area contributed by atoms with Crippen LogP contribution in [0.25, 0.3) is 0 Å². The van der Waals surface area contributed by atoms with E-state index in [0.29, 0.717) is 19.1 Å². The molecule has 1 aromatic carbocycles. The van der Waals surface area contributed by atoms with Crippen LogP contribution in [0.1, 0.15) is 24.0 Å². The van der Waals surface area contributed by atoms with Crippen molar-refractivity contribution in [2.24, 2.45) is 4.99 Å². The third-order valence-corrected chi connectivity index (χ3v) is 5.75. The second-order valence-electron chi connectivity index (χ2n) is 7.21. The number of benzene rings is 1. The molecule has 1 aromatic heterocycles. The van der Waals surface area contributed by atoms with Crippen molar-refractivity contribution < 1.29 is 9.47 Å². The molecule has 1 saturated heterocycles. The molecule has 1 aliphatic heterocycles. The number of hydrogen-bond donors (Lipinski definition) is 2. The molecule has 0 amide bonds. The molecule has 2 aromatic rings. The summed E-state index contributed by atoms with van der Waals surface area (Å²) in [5.41, 5.74) is 2.53. The molecule has 6 nitrogen and oxygen atoms in total. The van der Waals surface area contributed by atoms with Crippen molar-refractivity contribution in [3.05, 3.63) is 52.2 Å². The number of aliphatic imine (C=N–C) groups is 1. The first-order valence-electron chi connectivity index (χ1n) is 10.2. The number of nitrogens with zero attached hydrogens (tertiary/aromatic N) is 2. The van der Waals surface area contributed by atoms with E-state index >= 15 is 0 Å². The highest BCUT2D eigenvalue weighted by atomic mass is 32.1. The Kier molecular flexibility index (Phi) is 8.80. The lowest BCUT2D eigenvalue weighted by Gasteiger charge is -2.26. The van der Waals surface area contributed by atoms with Gasteiger partial charge in [-0.3, -0.25) is 9.89 Å². The topological polar surface area (TPSA) is 58.1 Å². The number of hydrogen-bond acceptors (Lipinski definition) is 5. The number of thiophene rings is 1. The molecule has 0 radical (unpaired) electrons. The monoisotopic (exact) mass is 416 g/mol. The first-order chi connectivity index (χ1) is 14.2. The molecule has 29 heavy (non-hydrogen) atoms. The Morgan fingerprint density at radius 2 is 2.14 bits per heavy atom. The minimum Gasteiger partial charge on any atom is -0.492 e. The van der Waals surface area contributed by atoms with E-state index in [2.05, 4.69) is 56.4 Å². The van der Waals surface area contributed by atoms with Gasteiger partial charge >= 0.3 is 0 Å². The maximum absolute atomic E-state index is 5.95. The van der Waals surface area contributed by atoms with Crippen molar-refractivity contribution in [3.8, 4) is 5.75 Å². The Morgan fingerprint density at radius 3 is 2.90 bits per heavy atom. The van der Waals surface area contributed by atoms with Crippen LogP contribution in [0.3, 0.4) is 0 Å².